The normalized spacial score (nSPS) is 14.3. The minimum absolute atomic E-state index is 0.0552. The number of hydrogen-bond acceptors (Lipinski definition) is 3. The molecule has 506 valence electrons. The molecular formula is C102H62N6O. The predicted molar refractivity (Wildman–Crippen MR) is 457 cm³/mol. The van der Waals surface area contributed by atoms with Crippen LogP contribution in [0.25, 0.3) is 186 Å². The largest absolute Gasteiger partial charge is 0.456 e. The second kappa shape index (κ2) is 22.9. The minimum Gasteiger partial charge on any atom is -0.456 e. The first-order valence-corrected chi connectivity index (χ1v) is 36.1. The van der Waals surface area contributed by atoms with E-state index in [1.54, 1.807) is 12.1 Å². The summed E-state index contributed by atoms with van der Waals surface area (Å²) >= 11 is 0. The van der Waals surface area contributed by atoms with Crippen LogP contribution in [-0.4, -0.2) is 17.9 Å². The van der Waals surface area contributed by atoms with Crippen molar-refractivity contribution in [1.29, 1.82) is 0 Å². The summed E-state index contributed by atoms with van der Waals surface area (Å²) in [6, 6.07) is 86.0. The van der Waals surface area contributed by atoms with Gasteiger partial charge in [-0.25, -0.2) is 0 Å². The summed E-state index contributed by atoms with van der Waals surface area (Å²) in [6.45, 7) is 0. The first-order chi connectivity index (χ1) is 60.7. The summed E-state index contributed by atoms with van der Waals surface area (Å²) in [7, 11) is 0. The fourth-order valence-corrected chi connectivity index (χ4v) is 17.7. The zero-order chi connectivity index (χ0) is 85.0. The SMILES string of the molecule is [2H]c1c([2H])c([2H])c2c(c1[2H])c1c([2H])c([2H])c([2H])c([2H])c1n2-c1cccc(N(c2cc(-c3ccc4oc5ccccc5c4c3)cc(N(c3cccc(-n4c5c([2H])c([2H])c([2H])c([2H])c5c5c([2H])c([2H])c([2H])c([2H])c54)c3)c3ccccc3-c3cc4c5ccccc5n5c6ccccc6c(c3)c45)c2)c2ccccc2-c2cc3c4ccccc4n4c5ccccc5c(c2)c34)c1. The molecule has 0 radical (unpaired) electrons. The van der Waals surface area contributed by atoms with Crippen LogP contribution in [0.15, 0.2) is 380 Å². The minimum atomic E-state index is -0.567. The molecule has 24 aromatic rings. The standard InChI is InChI=1S/C102H62N6O/c1-12-40-89(73(29-1)65-56-85-79-35-7-18-46-95(79)107-96-47-19-8-36-80(96)86(57-65)101(85)107)103(67-25-23-27-69(60-67)105-91-42-14-3-31-75(91)76-32-4-15-43-92(76)105)71-53-64(63-51-52-100-84(55-63)83-39-11-22-50-99(83)109-100)54-72(62-71)104(68-26-24-28-70(61-68)106-93-44-16-5-33-77(93)78-34-6-17-45-94(78)106)90-41-13-2-30-74(90)66-58-87-81-37-9-20-48-97(81)108-98-49-21-10-38-82(98)88(59-66)102(87)108/h1-62H/i3D,4D,5D,6D,14D,15D,16D,17D,31D,32D,33D,34D,42D,43D,44D,45D. The Morgan fingerprint density at radius 2 is 0.587 bits per heavy atom. The highest BCUT2D eigenvalue weighted by atomic mass is 16.3. The molecule has 0 atom stereocenters. The molecule has 0 saturated heterocycles. The van der Waals surface area contributed by atoms with E-state index in [9.17, 15) is 16.4 Å². The van der Waals surface area contributed by atoms with Gasteiger partial charge in [-0.3, -0.25) is 0 Å². The summed E-state index contributed by atoms with van der Waals surface area (Å²) < 4.78 is 164. The van der Waals surface area contributed by atoms with Gasteiger partial charge < -0.3 is 32.2 Å². The van der Waals surface area contributed by atoms with Crippen LogP contribution in [0.5, 0.6) is 0 Å². The van der Waals surface area contributed by atoms with Gasteiger partial charge >= 0.3 is 0 Å². The van der Waals surface area contributed by atoms with E-state index in [0.29, 0.717) is 62.2 Å². The van der Waals surface area contributed by atoms with Gasteiger partial charge in [0.1, 0.15) is 11.2 Å². The van der Waals surface area contributed by atoms with Crippen LogP contribution >= 0.6 is 0 Å². The third-order valence-electron chi connectivity index (χ3n) is 22.2. The highest BCUT2D eigenvalue weighted by Gasteiger charge is 2.29. The molecule has 0 bridgehead atoms. The van der Waals surface area contributed by atoms with Gasteiger partial charge in [0.05, 0.1) is 88.5 Å². The van der Waals surface area contributed by atoms with E-state index in [1.807, 2.05) is 97.1 Å². The molecule has 109 heavy (non-hydrogen) atoms. The fraction of sp³-hybridized carbons (Fsp3) is 0. The Bertz CT molecular complexity index is 8180. The monoisotopic (exact) mass is 1400 g/mol. The van der Waals surface area contributed by atoms with Gasteiger partial charge in [0.15, 0.2) is 0 Å². The summed E-state index contributed by atoms with van der Waals surface area (Å²) in [5, 5.41) is 9.77. The van der Waals surface area contributed by atoms with Crippen LogP contribution in [0.4, 0.5) is 34.1 Å². The molecule has 0 aliphatic rings. The van der Waals surface area contributed by atoms with Crippen molar-refractivity contribution in [1.82, 2.24) is 17.9 Å². The van der Waals surface area contributed by atoms with E-state index in [0.717, 1.165) is 115 Å². The zero-order valence-corrected chi connectivity index (χ0v) is 57.6. The highest BCUT2D eigenvalue weighted by molar-refractivity contribution is 6.27. The fourth-order valence-electron chi connectivity index (χ4n) is 17.7. The summed E-state index contributed by atoms with van der Waals surface area (Å²) in [6.07, 6.45) is 0. The van der Waals surface area contributed by atoms with Crippen LogP contribution < -0.4 is 9.80 Å². The van der Waals surface area contributed by atoms with Crippen molar-refractivity contribution in [3.8, 4) is 44.8 Å². The molecule has 7 heteroatoms. The first-order valence-electron chi connectivity index (χ1n) is 44.1. The van der Waals surface area contributed by atoms with Gasteiger partial charge in [-0.05, 0) is 180 Å². The van der Waals surface area contributed by atoms with Crippen molar-refractivity contribution in [2.24, 2.45) is 0 Å². The Kier molecular flexibility index (Phi) is 9.72. The lowest BCUT2D eigenvalue weighted by atomic mass is 9.96. The lowest BCUT2D eigenvalue weighted by Gasteiger charge is -2.32. The third kappa shape index (κ3) is 8.69. The maximum atomic E-state index is 9.76. The Balaban J connectivity index is 0.837. The Morgan fingerprint density at radius 3 is 1.02 bits per heavy atom. The number of nitrogens with zero attached hydrogens (tertiary/aromatic N) is 6. The van der Waals surface area contributed by atoms with Gasteiger partial charge in [0.25, 0.3) is 0 Å². The predicted octanol–water partition coefficient (Wildman–Crippen LogP) is 28.0. The molecule has 7 heterocycles. The highest BCUT2D eigenvalue weighted by Crippen LogP contribution is 2.52. The molecule has 0 unspecified atom stereocenters. The number of furan rings is 1. The number of aromatic nitrogens is 4. The lowest BCUT2D eigenvalue weighted by molar-refractivity contribution is 0.669. The summed E-state index contributed by atoms with van der Waals surface area (Å²) in [5.74, 6) is 0. The molecule has 0 aliphatic carbocycles. The van der Waals surface area contributed by atoms with E-state index >= 15 is 0 Å². The molecule has 0 saturated carbocycles. The molecule has 0 amide bonds. The Hall–Kier alpha value is -14.7. The van der Waals surface area contributed by atoms with Crippen molar-refractivity contribution >= 4 is 176 Å². The van der Waals surface area contributed by atoms with E-state index in [2.05, 4.69) is 188 Å². The van der Waals surface area contributed by atoms with Crippen molar-refractivity contribution in [3.63, 3.8) is 0 Å². The van der Waals surface area contributed by atoms with E-state index in [1.165, 1.54) is 9.13 Å². The van der Waals surface area contributed by atoms with Gasteiger partial charge in [-0.2, -0.15) is 0 Å². The molecule has 0 spiro atoms. The third-order valence-corrected chi connectivity index (χ3v) is 22.2. The van der Waals surface area contributed by atoms with Gasteiger partial charge in [-0.15, -0.1) is 0 Å². The van der Waals surface area contributed by atoms with Crippen LogP contribution in [0.3, 0.4) is 0 Å². The molecule has 7 aromatic heterocycles. The maximum absolute atomic E-state index is 9.76. The number of hydrogen-bond donors (Lipinski definition) is 0. The molecule has 7 nitrogen and oxygen atoms in total. The molecular weight excluding hydrogens is 1330 g/mol. The summed E-state index contributed by atoms with van der Waals surface area (Å²) in [5.41, 5.74) is 16.3. The van der Waals surface area contributed by atoms with E-state index in [4.69, 9.17) is 9.90 Å². The number of para-hydroxylation sites is 11. The van der Waals surface area contributed by atoms with Crippen molar-refractivity contribution < 1.29 is 26.3 Å². The van der Waals surface area contributed by atoms with Gasteiger partial charge in [0.2, 0.25) is 0 Å². The molecule has 0 aliphatic heterocycles. The number of rotatable bonds is 11. The van der Waals surface area contributed by atoms with E-state index in [-0.39, 0.29) is 43.6 Å². The van der Waals surface area contributed by atoms with Crippen LogP contribution in [0.1, 0.15) is 21.9 Å². The van der Waals surface area contributed by atoms with Crippen molar-refractivity contribution in [3.05, 3.63) is 376 Å². The van der Waals surface area contributed by atoms with Crippen LogP contribution in [-0.2, 0) is 0 Å². The van der Waals surface area contributed by atoms with Gasteiger partial charge in [0, 0.05) is 121 Å². The van der Waals surface area contributed by atoms with Crippen molar-refractivity contribution in [2.75, 3.05) is 9.80 Å². The van der Waals surface area contributed by atoms with Crippen LogP contribution in [0.2, 0.25) is 0 Å². The Morgan fingerprint density at radius 1 is 0.229 bits per heavy atom. The number of anilines is 6. The lowest BCUT2D eigenvalue weighted by Crippen LogP contribution is -2.15. The molecule has 24 rings (SSSR count). The zero-order valence-electron chi connectivity index (χ0n) is 73.6. The number of fused-ring (bicyclic) bond motifs is 21. The molecule has 0 N–H and O–H groups in total. The topological polar surface area (TPSA) is 38.3 Å². The second-order valence-electron chi connectivity index (χ2n) is 27.9. The smallest absolute Gasteiger partial charge is 0.135 e. The number of benzene rings is 17. The van der Waals surface area contributed by atoms with E-state index < -0.39 is 96.7 Å². The second-order valence-corrected chi connectivity index (χ2v) is 27.9. The maximum Gasteiger partial charge on any atom is 0.135 e. The van der Waals surface area contributed by atoms with Crippen molar-refractivity contribution in [2.45, 2.75) is 0 Å². The van der Waals surface area contributed by atoms with Gasteiger partial charge in [-0.1, -0.05) is 218 Å². The summed E-state index contributed by atoms with van der Waals surface area (Å²) in [4.78, 5) is 4.30. The first kappa shape index (κ1) is 46.2. The molecule has 17 aromatic carbocycles. The Labute approximate surface area is 647 Å². The quantitative estimate of drug-likeness (QED) is 0.130. The molecule has 0 fully saturated rings. The average Bonchev–Trinajstić information content (AvgIpc) is 1.55. The average molecular weight is 1400 g/mol. The van der Waals surface area contributed by atoms with Crippen LogP contribution in [0, 0.1) is 0 Å².